The van der Waals surface area contributed by atoms with Gasteiger partial charge < -0.3 is 10.2 Å². The van der Waals surface area contributed by atoms with E-state index in [1.165, 1.54) is 17.5 Å². The lowest BCUT2D eigenvalue weighted by Crippen LogP contribution is -2.72. The van der Waals surface area contributed by atoms with Crippen molar-refractivity contribution in [1.82, 2.24) is 10.2 Å². The van der Waals surface area contributed by atoms with Gasteiger partial charge in [-0.2, -0.15) is 0 Å². The van der Waals surface area contributed by atoms with Crippen molar-refractivity contribution in [2.75, 3.05) is 20.1 Å². The first-order chi connectivity index (χ1) is 9.87. The van der Waals surface area contributed by atoms with Crippen molar-refractivity contribution in [2.45, 2.75) is 45.6 Å². The first-order valence-electron chi connectivity index (χ1n) is 7.93. The maximum atomic E-state index is 4.49. The highest BCUT2D eigenvalue weighted by Crippen LogP contribution is 2.46. The van der Waals surface area contributed by atoms with Gasteiger partial charge in [0.2, 0.25) is 0 Å². The largest absolute Gasteiger partial charge is 0.356 e. The summed E-state index contributed by atoms with van der Waals surface area (Å²) in [6, 6.07) is 8.76. The maximum Gasteiger partial charge on any atom is 0.194 e. The third-order valence-corrected chi connectivity index (χ3v) is 5.82. The fourth-order valence-corrected chi connectivity index (χ4v) is 3.45. The molecule has 3 heteroatoms. The fraction of sp³-hybridized carbons (Fsp3) is 0.611. The van der Waals surface area contributed by atoms with Crippen LogP contribution in [0.5, 0.6) is 0 Å². The molecule has 0 amide bonds. The van der Waals surface area contributed by atoms with Crippen molar-refractivity contribution < 1.29 is 0 Å². The molecule has 1 aliphatic heterocycles. The van der Waals surface area contributed by atoms with E-state index in [4.69, 9.17) is 0 Å². The van der Waals surface area contributed by atoms with Crippen LogP contribution in [0.1, 0.15) is 44.7 Å². The zero-order valence-electron chi connectivity index (χ0n) is 13.9. The van der Waals surface area contributed by atoms with Crippen molar-refractivity contribution >= 4 is 5.96 Å². The summed E-state index contributed by atoms with van der Waals surface area (Å²) in [5, 5.41) is 3.58. The van der Waals surface area contributed by atoms with Gasteiger partial charge >= 0.3 is 0 Å². The Hall–Kier alpha value is -1.51. The highest BCUT2D eigenvalue weighted by molar-refractivity contribution is 5.82. The van der Waals surface area contributed by atoms with E-state index in [0.29, 0.717) is 11.3 Å². The van der Waals surface area contributed by atoms with Crippen LogP contribution in [0, 0.1) is 5.41 Å². The predicted molar refractivity (Wildman–Crippen MR) is 88.8 cm³/mol. The maximum absolute atomic E-state index is 4.49. The topological polar surface area (TPSA) is 27.6 Å². The highest BCUT2D eigenvalue weighted by atomic mass is 15.4. The molecule has 0 spiro atoms. The molecule has 114 valence electrons. The van der Waals surface area contributed by atoms with Crippen molar-refractivity contribution in [2.24, 2.45) is 10.4 Å². The summed E-state index contributed by atoms with van der Waals surface area (Å²) in [4.78, 5) is 6.89. The van der Waals surface area contributed by atoms with Gasteiger partial charge in [0.05, 0.1) is 0 Å². The Kier molecular flexibility index (Phi) is 3.27. The Morgan fingerprint density at radius 1 is 1.29 bits per heavy atom. The van der Waals surface area contributed by atoms with Crippen molar-refractivity contribution in [1.29, 1.82) is 0 Å². The number of aliphatic imine (C=N–C) groups is 1. The number of hydrogen-bond acceptors (Lipinski definition) is 1. The number of fused-ring (bicyclic) bond motifs is 1. The quantitative estimate of drug-likeness (QED) is 0.668. The smallest absolute Gasteiger partial charge is 0.194 e. The Bertz CT molecular complexity index is 572. The molecule has 1 fully saturated rings. The molecular weight excluding hydrogens is 258 g/mol. The number of nitrogens with zero attached hydrogens (tertiary/aromatic N) is 2. The predicted octanol–water partition coefficient (Wildman–Crippen LogP) is 3.02. The third-order valence-electron chi connectivity index (χ3n) is 5.82. The summed E-state index contributed by atoms with van der Waals surface area (Å²) in [6.07, 6.45) is 1.19. The zero-order valence-corrected chi connectivity index (χ0v) is 13.9. The lowest BCUT2D eigenvalue weighted by Gasteiger charge is -2.62. The van der Waals surface area contributed by atoms with Crippen LogP contribution in [0.4, 0.5) is 0 Å². The van der Waals surface area contributed by atoms with Crippen LogP contribution in [0.15, 0.2) is 29.3 Å². The van der Waals surface area contributed by atoms with Crippen LogP contribution in [-0.2, 0) is 6.42 Å². The first-order valence-corrected chi connectivity index (χ1v) is 7.93. The lowest BCUT2D eigenvalue weighted by molar-refractivity contribution is -0.0667. The average molecular weight is 285 g/mol. The van der Waals surface area contributed by atoms with E-state index in [0.717, 1.165) is 19.0 Å². The SMILES string of the molecule is CN=C(NCC1Cc2ccccc21)N1CC(C)(C)C1(C)C. The monoisotopic (exact) mass is 285 g/mol. The van der Waals surface area contributed by atoms with Crippen LogP contribution < -0.4 is 5.32 Å². The van der Waals surface area contributed by atoms with Gasteiger partial charge in [-0.25, -0.2) is 0 Å². The molecule has 1 N–H and O–H groups in total. The molecular formula is C18H27N3. The second-order valence-corrected chi connectivity index (χ2v) is 7.56. The van der Waals surface area contributed by atoms with Gasteiger partial charge in [-0.3, -0.25) is 4.99 Å². The second kappa shape index (κ2) is 4.75. The molecule has 1 saturated heterocycles. The molecule has 0 aromatic heterocycles. The summed E-state index contributed by atoms with van der Waals surface area (Å²) >= 11 is 0. The van der Waals surface area contributed by atoms with Gasteiger partial charge in [0.15, 0.2) is 5.96 Å². The molecule has 1 heterocycles. The number of hydrogen-bond donors (Lipinski definition) is 1. The summed E-state index contributed by atoms with van der Waals surface area (Å²) in [7, 11) is 1.89. The minimum absolute atomic E-state index is 0.159. The number of guanidine groups is 1. The number of benzene rings is 1. The van der Waals surface area contributed by atoms with Crippen LogP contribution in [-0.4, -0.2) is 36.5 Å². The van der Waals surface area contributed by atoms with Gasteiger partial charge in [-0.05, 0) is 31.4 Å². The minimum atomic E-state index is 0.159. The van der Waals surface area contributed by atoms with Crippen LogP contribution in [0.2, 0.25) is 0 Å². The third kappa shape index (κ3) is 2.14. The van der Waals surface area contributed by atoms with Gasteiger partial charge in [0, 0.05) is 37.0 Å². The van der Waals surface area contributed by atoms with Crippen LogP contribution in [0.25, 0.3) is 0 Å². The van der Waals surface area contributed by atoms with Gasteiger partial charge in [-0.15, -0.1) is 0 Å². The van der Waals surface area contributed by atoms with E-state index in [2.05, 4.69) is 67.2 Å². The molecule has 1 atom stereocenters. The van der Waals surface area contributed by atoms with Crippen molar-refractivity contribution in [3.05, 3.63) is 35.4 Å². The standard InChI is InChI=1S/C18H27N3/c1-17(2)12-21(18(17,3)4)16(19-5)20-11-14-10-13-8-6-7-9-15(13)14/h6-9,14H,10-12H2,1-5H3,(H,19,20). The summed E-state index contributed by atoms with van der Waals surface area (Å²) < 4.78 is 0. The van der Waals surface area contributed by atoms with E-state index in [1.54, 1.807) is 0 Å². The number of nitrogens with one attached hydrogen (secondary N) is 1. The summed E-state index contributed by atoms with van der Waals surface area (Å²) in [5.74, 6) is 1.68. The van der Waals surface area contributed by atoms with Crippen molar-refractivity contribution in [3.8, 4) is 0 Å². The van der Waals surface area contributed by atoms with E-state index in [-0.39, 0.29) is 5.54 Å². The first kappa shape index (κ1) is 14.4. The molecule has 2 aliphatic rings. The van der Waals surface area contributed by atoms with Gasteiger partial charge in [-0.1, -0.05) is 38.1 Å². The van der Waals surface area contributed by atoms with Crippen molar-refractivity contribution in [3.63, 3.8) is 0 Å². The molecule has 3 rings (SSSR count). The molecule has 1 aliphatic carbocycles. The molecule has 0 bridgehead atoms. The minimum Gasteiger partial charge on any atom is -0.356 e. The van der Waals surface area contributed by atoms with Gasteiger partial charge in [0.1, 0.15) is 0 Å². The van der Waals surface area contributed by atoms with E-state index in [1.807, 2.05) is 7.05 Å². The zero-order chi connectivity index (χ0) is 15.3. The normalized spacial score (nSPS) is 25.7. The van der Waals surface area contributed by atoms with E-state index >= 15 is 0 Å². The fourth-order valence-electron chi connectivity index (χ4n) is 3.45. The molecule has 3 nitrogen and oxygen atoms in total. The molecule has 0 radical (unpaired) electrons. The lowest BCUT2D eigenvalue weighted by atomic mass is 9.65. The summed E-state index contributed by atoms with van der Waals surface area (Å²) in [5.41, 5.74) is 3.51. The Morgan fingerprint density at radius 3 is 2.57 bits per heavy atom. The number of rotatable bonds is 2. The van der Waals surface area contributed by atoms with E-state index < -0.39 is 0 Å². The Labute approximate surface area is 128 Å². The molecule has 1 aromatic rings. The molecule has 0 saturated carbocycles. The van der Waals surface area contributed by atoms with Crippen LogP contribution >= 0.6 is 0 Å². The Balaban J connectivity index is 1.61. The average Bonchev–Trinajstić information content (AvgIpc) is 2.42. The molecule has 1 aromatic carbocycles. The summed E-state index contributed by atoms with van der Waals surface area (Å²) in [6.45, 7) is 11.3. The highest BCUT2D eigenvalue weighted by Gasteiger charge is 2.53. The van der Waals surface area contributed by atoms with Crippen LogP contribution in [0.3, 0.4) is 0 Å². The van der Waals surface area contributed by atoms with Gasteiger partial charge in [0.25, 0.3) is 0 Å². The number of likely N-dealkylation sites (tertiary alicyclic amines) is 1. The second-order valence-electron chi connectivity index (χ2n) is 7.56. The Morgan fingerprint density at radius 2 is 2.00 bits per heavy atom. The van der Waals surface area contributed by atoms with E-state index in [9.17, 15) is 0 Å². The molecule has 21 heavy (non-hydrogen) atoms. The molecule has 1 unspecified atom stereocenters.